The zero-order chi connectivity index (χ0) is 19.3. The highest BCUT2D eigenvalue weighted by Gasteiger charge is 2.78. The Labute approximate surface area is 165 Å². The van der Waals surface area contributed by atoms with E-state index in [1.54, 1.807) is 6.08 Å². The Kier molecular flexibility index (Phi) is 3.39. The van der Waals surface area contributed by atoms with Crippen LogP contribution >= 0.6 is 0 Å². The number of oxime groups is 1. The van der Waals surface area contributed by atoms with E-state index < -0.39 is 0 Å². The molecule has 0 radical (unpaired) electrons. The Morgan fingerprint density at radius 3 is 2.82 bits per heavy atom. The van der Waals surface area contributed by atoms with Crippen molar-refractivity contribution in [1.82, 2.24) is 0 Å². The molecule has 6 aliphatic rings. The zero-order valence-corrected chi connectivity index (χ0v) is 16.4. The van der Waals surface area contributed by atoms with Gasteiger partial charge in [-0.1, -0.05) is 17.7 Å². The summed E-state index contributed by atoms with van der Waals surface area (Å²) in [6, 6.07) is 0. The van der Waals surface area contributed by atoms with Gasteiger partial charge < -0.3 is 15.1 Å². The molecule has 0 bridgehead atoms. The van der Waals surface area contributed by atoms with Gasteiger partial charge in [-0.05, 0) is 80.3 Å². The third-order valence-corrected chi connectivity index (χ3v) is 9.59. The maximum absolute atomic E-state index is 12.0. The second kappa shape index (κ2) is 5.50. The van der Waals surface area contributed by atoms with Crippen molar-refractivity contribution in [3.8, 4) is 0 Å². The maximum Gasteiger partial charge on any atom is 0.331 e. The fourth-order valence-corrected chi connectivity index (χ4v) is 8.56. The zero-order valence-electron chi connectivity index (χ0n) is 16.4. The number of hydrogen-bond acceptors (Lipinski definition) is 5. The van der Waals surface area contributed by atoms with E-state index in [9.17, 15) is 15.1 Å². The van der Waals surface area contributed by atoms with Crippen molar-refractivity contribution in [2.45, 2.75) is 51.0 Å². The molecule has 1 aliphatic heterocycles. The van der Waals surface area contributed by atoms with E-state index in [1.807, 2.05) is 0 Å². The van der Waals surface area contributed by atoms with Gasteiger partial charge in [0, 0.05) is 29.9 Å². The number of rotatable bonds is 1. The summed E-state index contributed by atoms with van der Waals surface area (Å²) in [4.78, 5) is 12.0. The van der Waals surface area contributed by atoms with Crippen molar-refractivity contribution in [2.24, 2.45) is 52.0 Å². The fraction of sp³-hybridized carbons (Fsp3) is 0.739. The van der Waals surface area contributed by atoms with E-state index >= 15 is 0 Å². The molecule has 1 heterocycles. The molecule has 0 aromatic heterocycles. The van der Waals surface area contributed by atoms with E-state index in [4.69, 9.17) is 4.74 Å². The molecule has 2 N–H and O–H groups in total. The molecule has 5 heteroatoms. The Morgan fingerprint density at radius 2 is 2.11 bits per heavy atom. The van der Waals surface area contributed by atoms with Gasteiger partial charge in [0.25, 0.3) is 0 Å². The van der Waals surface area contributed by atoms with E-state index in [-0.39, 0.29) is 29.5 Å². The number of fused-ring (bicyclic) bond motifs is 9. The van der Waals surface area contributed by atoms with Crippen molar-refractivity contribution >= 4 is 11.7 Å². The molecule has 0 aromatic carbocycles. The first-order chi connectivity index (χ1) is 13.5. The van der Waals surface area contributed by atoms with Gasteiger partial charge in [-0.25, -0.2) is 4.79 Å². The highest BCUT2D eigenvalue weighted by Crippen LogP contribution is 2.77. The van der Waals surface area contributed by atoms with Gasteiger partial charge >= 0.3 is 5.97 Å². The Balaban J connectivity index is 1.39. The summed E-state index contributed by atoms with van der Waals surface area (Å²) in [7, 11) is 0. The largest absolute Gasteiger partial charge is 0.451 e. The van der Waals surface area contributed by atoms with E-state index in [0.717, 1.165) is 37.8 Å². The molecule has 0 aromatic rings. The van der Waals surface area contributed by atoms with Crippen LogP contribution in [0.15, 0.2) is 29.0 Å². The average molecular weight is 383 g/mol. The van der Waals surface area contributed by atoms with Crippen molar-refractivity contribution in [1.29, 1.82) is 0 Å². The highest BCUT2D eigenvalue weighted by atomic mass is 16.6. The lowest BCUT2D eigenvalue weighted by atomic mass is 9.48. The first kappa shape index (κ1) is 17.3. The molecule has 0 saturated heterocycles. The summed E-state index contributed by atoms with van der Waals surface area (Å²) >= 11 is 0. The lowest BCUT2D eigenvalue weighted by Crippen LogP contribution is -2.55. The molecule has 4 fully saturated rings. The van der Waals surface area contributed by atoms with Crippen LogP contribution < -0.4 is 0 Å². The van der Waals surface area contributed by atoms with Gasteiger partial charge in [-0.15, -0.1) is 0 Å². The Bertz CT molecular complexity index is 830. The summed E-state index contributed by atoms with van der Waals surface area (Å²) in [5.74, 6) is 3.47. The highest BCUT2D eigenvalue weighted by molar-refractivity contribution is 5.96. The molecular weight excluding hydrogens is 354 g/mol. The summed E-state index contributed by atoms with van der Waals surface area (Å²) in [6.07, 6.45) is 12.1. The third-order valence-electron chi connectivity index (χ3n) is 9.59. The minimum Gasteiger partial charge on any atom is -0.451 e. The van der Waals surface area contributed by atoms with Gasteiger partial charge in [0.15, 0.2) is 0 Å². The number of carbonyl (C=O) groups is 1. The smallest absolute Gasteiger partial charge is 0.331 e. The average Bonchev–Trinajstić information content (AvgIpc) is 3.34. The second-order valence-corrected chi connectivity index (χ2v) is 10.4. The molecule has 9 atom stereocenters. The van der Waals surface area contributed by atoms with Gasteiger partial charge in [0.05, 0.1) is 5.71 Å². The first-order valence-corrected chi connectivity index (χ1v) is 11.0. The van der Waals surface area contributed by atoms with Crippen LogP contribution in [0.2, 0.25) is 0 Å². The normalized spacial score (nSPS) is 54.6. The van der Waals surface area contributed by atoms with Crippen molar-refractivity contribution in [3.63, 3.8) is 0 Å². The number of aliphatic hydroxyl groups excluding tert-OH is 1. The molecule has 28 heavy (non-hydrogen) atoms. The lowest BCUT2D eigenvalue weighted by Gasteiger charge is -2.58. The molecule has 150 valence electrons. The van der Waals surface area contributed by atoms with Crippen molar-refractivity contribution in [2.75, 3.05) is 6.61 Å². The third kappa shape index (κ3) is 1.92. The molecule has 6 rings (SSSR count). The van der Waals surface area contributed by atoms with Crippen LogP contribution in [0.3, 0.4) is 0 Å². The van der Waals surface area contributed by atoms with Crippen LogP contribution in [0.5, 0.6) is 0 Å². The second-order valence-electron chi connectivity index (χ2n) is 10.4. The topological polar surface area (TPSA) is 79.1 Å². The van der Waals surface area contributed by atoms with Crippen LogP contribution in [-0.4, -0.2) is 34.2 Å². The number of aliphatic hydroxyl groups is 1. The predicted octanol–water partition coefficient (Wildman–Crippen LogP) is 3.32. The Hall–Kier alpha value is -1.62. The van der Waals surface area contributed by atoms with Gasteiger partial charge in [-0.2, -0.15) is 0 Å². The minimum atomic E-state index is -0.376. The van der Waals surface area contributed by atoms with Crippen LogP contribution in [0.1, 0.15) is 45.4 Å². The predicted molar refractivity (Wildman–Crippen MR) is 103 cm³/mol. The SMILES string of the molecule is C[C@]12CCC3C(CC(CO)C4=C/C(=N/O)CC[C@@H]43)C1C1CC1[C@@]21C=CC(=O)O1. The molecule has 0 amide bonds. The van der Waals surface area contributed by atoms with Crippen LogP contribution in [0.25, 0.3) is 0 Å². The molecule has 1 spiro atoms. The minimum absolute atomic E-state index is 0.0258. The van der Waals surface area contributed by atoms with E-state index in [2.05, 4.69) is 24.2 Å². The standard InChI is InChI=1S/C23H29NO4/c1-22-6-4-15-14-3-2-13(24-27)9-16(14)12(11-25)8-17(15)21(22)18-10-19(18)23(22)7-5-20(26)28-23/h5,7,9,12,14-15,17-19,21,25,27H,2-4,6,8,10-11H2,1H3/b24-13+/t12?,14-,15?,17?,18?,19?,21?,22+,23+/m1/s1. The van der Waals surface area contributed by atoms with Crippen molar-refractivity contribution in [3.05, 3.63) is 23.8 Å². The van der Waals surface area contributed by atoms with Gasteiger partial charge in [-0.3, -0.25) is 0 Å². The molecule has 5 nitrogen and oxygen atoms in total. The van der Waals surface area contributed by atoms with Gasteiger partial charge in [0.1, 0.15) is 5.60 Å². The molecular formula is C23H29NO4. The van der Waals surface area contributed by atoms with Crippen molar-refractivity contribution < 1.29 is 19.8 Å². The number of esters is 1. The summed E-state index contributed by atoms with van der Waals surface area (Å²) in [6.45, 7) is 2.54. The summed E-state index contributed by atoms with van der Waals surface area (Å²) in [5.41, 5.74) is 1.73. The number of hydrogen-bond donors (Lipinski definition) is 2. The van der Waals surface area contributed by atoms with Gasteiger partial charge in [0.2, 0.25) is 0 Å². The van der Waals surface area contributed by atoms with Crippen LogP contribution in [0.4, 0.5) is 0 Å². The lowest BCUT2D eigenvalue weighted by molar-refractivity contribution is -0.168. The number of allylic oxidation sites excluding steroid dienone is 1. The van der Waals surface area contributed by atoms with Crippen LogP contribution in [0, 0.1) is 46.8 Å². The number of nitrogens with zero attached hydrogens (tertiary/aromatic N) is 1. The molecule has 4 saturated carbocycles. The van der Waals surface area contributed by atoms with E-state index in [0.29, 0.717) is 35.5 Å². The summed E-state index contributed by atoms with van der Waals surface area (Å²) < 4.78 is 6.05. The monoisotopic (exact) mass is 383 g/mol. The first-order valence-electron chi connectivity index (χ1n) is 11.0. The molecule has 6 unspecified atom stereocenters. The molecule has 5 aliphatic carbocycles. The maximum atomic E-state index is 12.0. The summed E-state index contributed by atoms with van der Waals surface area (Å²) in [5, 5.41) is 22.9. The van der Waals surface area contributed by atoms with Crippen LogP contribution in [-0.2, 0) is 9.53 Å². The number of ether oxygens (including phenoxy) is 1. The quantitative estimate of drug-likeness (QED) is 0.414. The Morgan fingerprint density at radius 1 is 1.25 bits per heavy atom. The van der Waals surface area contributed by atoms with E-state index in [1.165, 1.54) is 12.0 Å². The fourth-order valence-electron chi connectivity index (χ4n) is 8.56. The number of carbonyl (C=O) groups excluding carboxylic acids is 1.